The molecule has 7 heteroatoms. The largest absolute Gasteiger partial charge is 0.412 e. The molecule has 11 heavy (non-hydrogen) atoms. The maximum Gasteiger partial charge on any atom is 0.145 e. The van der Waals surface area contributed by atoms with Crippen LogP contribution in [0.3, 0.4) is 0 Å². The summed E-state index contributed by atoms with van der Waals surface area (Å²) < 4.78 is 0. The highest BCUT2D eigenvalue weighted by atomic mass is 16.0. The van der Waals surface area contributed by atoms with Crippen molar-refractivity contribution in [3.8, 4) is 12.1 Å². The Morgan fingerprint density at radius 3 is 1.18 bits per heavy atom. The predicted octanol–water partition coefficient (Wildman–Crippen LogP) is -2.84. The number of allylic oxidation sites excluding steroid dienone is 2. The van der Waals surface area contributed by atoms with Gasteiger partial charge in [0.25, 0.3) is 0 Å². The van der Waals surface area contributed by atoms with Crippen LogP contribution in [-0.4, -0.2) is 5.48 Å². The summed E-state index contributed by atoms with van der Waals surface area (Å²) in [4.78, 5) is 0. The maximum absolute atomic E-state index is 7.97. The van der Waals surface area contributed by atoms with Gasteiger partial charge in [0.2, 0.25) is 0 Å². The molecule has 0 saturated carbocycles. The van der Waals surface area contributed by atoms with Gasteiger partial charge in [0.15, 0.2) is 0 Å². The van der Waals surface area contributed by atoms with Crippen molar-refractivity contribution in [2.45, 2.75) is 0 Å². The normalized spacial score (nSPS) is 8.36. The lowest BCUT2D eigenvalue weighted by Crippen LogP contribution is -2.05. The topological polar surface area (TPSA) is 183 Å². The molecule has 0 radical (unpaired) electrons. The van der Waals surface area contributed by atoms with E-state index in [1.54, 1.807) is 0 Å². The van der Waals surface area contributed by atoms with E-state index in [9.17, 15) is 0 Å². The molecule has 0 aromatic rings. The highest BCUT2D eigenvalue weighted by Crippen LogP contribution is 1.83. The molecule has 7 nitrogen and oxygen atoms in total. The first-order valence-electron chi connectivity index (χ1n) is 2.11. The summed E-state index contributed by atoms with van der Waals surface area (Å²) in [5.74, 6) is 8.00. The minimum Gasteiger partial charge on any atom is -0.412 e. The Morgan fingerprint density at radius 1 is 0.909 bits per heavy atom. The monoisotopic (exact) mass is 158 g/mol. The first kappa shape index (κ1) is 16.1. The molecule has 0 aromatic carbocycles. The van der Waals surface area contributed by atoms with Gasteiger partial charge in [-0.2, -0.15) is 10.5 Å². The van der Waals surface area contributed by atoms with Gasteiger partial charge in [0, 0.05) is 0 Å². The van der Waals surface area contributed by atoms with E-state index in [0.29, 0.717) is 0 Å². The molecular weight excluding hydrogens is 148 g/mol. The molecule has 0 saturated heterocycles. The van der Waals surface area contributed by atoms with Gasteiger partial charge in [-0.25, -0.2) is 0 Å². The first-order valence-corrected chi connectivity index (χ1v) is 2.11. The number of hydrogen-bond donors (Lipinski definition) is 4. The van der Waals surface area contributed by atoms with Crippen LogP contribution in [0.4, 0.5) is 0 Å². The van der Waals surface area contributed by atoms with E-state index in [2.05, 4.69) is 11.7 Å². The number of nitrogens with zero attached hydrogens (tertiary/aromatic N) is 2. The molecule has 0 aliphatic heterocycles. The highest BCUT2D eigenvalue weighted by Gasteiger charge is 1.91. The summed E-state index contributed by atoms with van der Waals surface area (Å²) in [6, 6.07) is 3.05. The Morgan fingerprint density at radius 2 is 1.09 bits per heavy atom. The summed E-state index contributed by atoms with van der Waals surface area (Å²) in [6.07, 6.45) is 0. The molecule has 62 valence electrons. The van der Waals surface area contributed by atoms with Crippen molar-refractivity contribution in [1.29, 1.82) is 10.5 Å². The Balaban J connectivity index is -0.000000196. The molecule has 0 amide bonds. The van der Waals surface area contributed by atoms with Crippen molar-refractivity contribution < 1.29 is 5.48 Å². The summed E-state index contributed by atoms with van der Waals surface area (Å²) in [7, 11) is 0. The number of nitrogens with two attached hydrogens (primary N) is 4. The molecule has 0 bridgehead atoms. The molecular formula is C4H10N6O. The Kier molecular flexibility index (Phi) is 16.2. The van der Waals surface area contributed by atoms with Crippen LogP contribution in [-0.2, 0) is 0 Å². The van der Waals surface area contributed by atoms with Crippen LogP contribution in [0.5, 0.6) is 0 Å². The van der Waals surface area contributed by atoms with Gasteiger partial charge >= 0.3 is 0 Å². The molecule has 0 unspecified atom stereocenters. The molecule has 0 heterocycles. The standard InChI is InChI=1S/C4H4N4.H4N2.H2O/c5-1-3(7)4(8)2-6;1-2;/h7-8H2;1-2H2;1H2/b4-3-;;. The molecule has 0 spiro atoms. The minimum atomic E-state index is -0.229. The fraction of sp³-hybridized carbons (Fsp3) is 0. The van der Waals surface area contributed by atoms with Crippen LogP contribution >= 0.6 is 0 Å². The number of nitriles is 2. The Hall–Kier alpha value is -1.80. The van der Waals surface area contributed by atoms with E-state index in [0.717, 1.165) is 0 Å². The first-order chi connectivity index (χ1) is 4.72. The second-order valence-corrected chi connectivity index (χ2v) is 1.05. The van der Waals surface area contributed by atoms with E-state index in [1.807, 2.05) is 0 Å². The van der Waals surface area contributed by atoms with Gasteiger partial charge in [-0.1, -0.05) is 0 Å². The molecule has 0 atom stereocenters. The van der Waals surface area contributed by atoms with E-state index >= 15 is 0 Å². The summed E-state index contributed by atoms with van der Waals surface area (Å²) in [6.45, 7) is 0. The zero-order valence-corrected chi connectivity index (χ0v) is 5.70. The summed E-state index contributed by atoms with van der Waals surface area (Å²) in [5, 5.41) is 15.9. The Bertz CT molecular complexity index is 174. The number of hydrogen-bond acceptors (Lipinski definition) is 6. The fourth-order valence-corrected chi connectivity index (χ4v) is 0.120. The lowest BCUT2D eigenvalue weighted by molar-refractivity contribution is 0.824. The van der Waals surface area contributed by atoms with Crippen molar-refractivity contribution in [2.75, 3.05) is 0 Å². The van der Waals surface area contributed by atoms with Gasteiger partial charge < -0.3 is 16.9 Å². The Labute approximate surface area is 63.7 Å². The van der Waals surface area contributed by atoms with Crippen LogP contribution in [0.2, 0.25) is 0 Å². The van der Waals surface area contributed by atoms with Gasteiger partial charge in [-0.15, -0.1) is 0 Å². The molecule has 0 aliphatic rings. The molecule has 0 aliphatic carbocycles. The van der Waals surface area contributed by atoms with E-state index in [-0.39, 0.29) is 16.9 Å². The van der Waals surface area contributed by atoms with E-state index in [4.69, 9.17) is 22.0 Å². The fourth-order valence-electron chi connectivity index (χ4n) is 0.120. The number of rotatable bonds is 0. The van der Waals surface area contributed by atoms with Crippen molar-refractivity contribution in [2.24, 2.45) is 23.2 Å². The van der Waals surface area contributed by atoms with Crippen molar-refractivity contribution in [3.63, 3.8) is 0 Å². The third-order valence-corrected chi connectivity index (χ3v) is 0.531. The molecule has 10 N–H and O–H groups in total. The second-order valence-electron chi connectivity index (χ2n) is 1.05. The SMILES string of the molecule is N#C/C(N)=C(/N)C#N.NN.O. The minimum absolute atomic E-state index is 0. The maximum atomic E-state index is 7.97. The zero-order chi connectivity index (χ0) is 8.57. The van der Waals surface area contributed by atoms with Crippen LogP contribution in [0.25, 0.3) is 0 Å². The number of hydrazine groups is 1. The van der Waals surface area contributed by atoms with Crippen LogP contribution in [0, 0.1) is 22.7 Å². The van der Waals surface area contributed by atoms with Gasteiger partial charge in [0.05, 0.1) is 0 Å². The smallest absolute Gasteiger partial charge is 0.145 e. The lowest BCUT2D eigenvalue weighted by Gasteiger charge is -1.83. The molecule has 0 rings (SSSR count). The van der Waals surface area contributed by atoms with Crippen molar-refractivity contribution in [3.05, 3.63) is 11.4 Å². The average molecular weight is 158 g/mol. The molecule has 0 fully saturated rings. The van der Waals surface area contributed by atoms with E-state index in [1.165, 1.54) is 12.1 Å². The van der Waals surface area contributed by atoms with Gasteiger partial charge in [0.1, 0.15) is 23.5 Å². The summed E-state index contributed by atoms with van der Waals surface area (Å²) >= 11 is 0. The van der Waals surface area contributed by atoms with Gasteiger partial charge in [-0.05, 0) is 0 Å². The zero-order valence-electron chi connectivity index (χ0n) is 5.70. The summed E-state index contributed by atoms with van der Waals surface area (Å²) in [5.41, 5.74) is 9.34. The third-order valence-electron chi connectivity index (χ3n) is 0.531. The van der Waals surface area contributed by atoms with Crippen LogP contribution in [0.1, 0.15) is 0 Å². The average Bonchev–Trinajstić information content (AvgIpc) is 2.05. The van der Waals surface area contributed by atoms with Crippen molar-refractivity contribution in [1.82, 2.24) is 0 Å². The second kappa shape index (κ2) is 11.1. The van der Waals surface area contributed by atoms with E-state index < -0.39 is 0 Å². The predicted molar refractivity (Wildman–Crippen MR) is 38.6 cm³/mol. The van der Waals surface area contributed by atoms with Gasteiger partial charge in [-0.3, -0.25) is 11.7 Å². The third kappa shape index (κ3) is 8.20. The van der Waals surface area contributed by atoms with Crippen LogP contribution in [0.15, 0.2) is 11.4 Å². The highest BCUT2D eigenvalue weighted by molar-refractivity contribution is 5.31. The van der Waals surface area contributed by atoms with Crippen molar-refractivity contribution >= 4 is 0 Å². The van der Waals surface area contributed by atoms with Crippen LogP contribution < -0.4 is 23.2 Å². The lowest BCUT2D eigenvalue weighted by atomic mass is 10.4. The molecule has 0 aromatic heterocycles. The quantitative estimate of drug-likeness (QED) is 0.167.